The van der Waals surface area contributed by atoms with Gasteiger partial charge in [-0.2, -0.15) is 0 Å². The minimum atomic E-state index is -0.671. The van der Waals surface area contributed by atoms with Crippen molar-refractivity contribution in [3.63, 3.8) is 0 Å². The lowest BCUT2D eigenvalue weighted by molar-refractivity contribution is -0.143. The van der Waals surface area contributed by atoms with E-state index in [9.17, 15) is 19.1 Å². The Hall–Kier alpha value is -2.37. The van der Waals surface area contributed by atoms with Crippen molar-refractivity contribution in [3.05, 3.63) is 42.2 Å². The third-order valence-electron chi connectivity index (χ3n) is 2.45. The number of esters is 1. The average Bonchev–Trinajstić information content (AvgIpc) is 2.40. The molecule has 0 spiro atoms. The van der Waals surface area contributed by atoms with Crippen molar-refractivity contribution in [2.24, 2.45) is 0 Å². The number of hydrogen-bond acceptors (Lipinski definition) is 4. The lowest BCUT2D eigenvalue weighted by Gasteiger charge is -2.20. The number of ether oxygens (including phenoxy) is 1. The molecule has 0 aliphatic rings. The Bertz CT molecular complexity index is 516. The molecule has 0 aliphatic carbocycles. The maximum absolute atomic E-state index is 13.1. The summed E-state index contributed by atoms with van der Waals surface area (Å²) in [6.45, 7) is 5.11. The van der Waals surface area contributed by atoms with Crippen LogP contribution >= 0.6 is 0 Å². The highest BCUT2D eigenvalue weighted by Gasteiger charge is 2.21. The summed E-state index contributed by atoms with van der Waals surface area (Å²) >= 11 is 0. The minimum absolute atomic E-state index is 0.0770. The standard InChI is InChI=1S/C14H16FNO4/c1-3-7-16(9-13(18)20-4-2)14(19)11-8-10(15)5-6-12(11)17/h3,5-6,8,17H,1,4,7,9H2,2H3. The Morgan fingerprint density at radius 2 is 2.20 bits per heavy atom. The predicted octanol–water partition coefficient (Wildman–Crippen LogP) is 1.72. The molecule has 1 aromatic rings. The van der Waals surface area contributed by atoms with Crippen molar-refractivity contribution in [2.45, 2.75) is 6.92 Å². The number of benzene rings is 1. The van der Waals surface area contributed by atoms with Gasteiger partial charge < -0.3 is 14.7 Å². The van der Waals surface area contributed by atoms with Crippen LogP contribution < -0.4 is 0 Å². The van der Waals surface area contributed by atoms with Crippen molar-refractivity contribution in [1.29, 1.82) is 0 Å². The number of carbonyl (C=O) groups excluding carboxylic acids is 2. The third kappa shape index (κ3) is 4.08. The van der Waals surface area contributed by atoms with E-state index in [2.05, 4.69) is 6.58 Å². The number of hydrogen-bond donors (Lipinski definition) is 1. The summed E-state index contributed by atoms with van der Waals surface area (Å²) < 4.78 is 17.9. The van der Waals surface area contributed by atoms with Crippen LogP contribution in [0.25, 0.3) is 0 Å². The van der Waals surface area contributed by atoms with E-state index in [4.69, 9.17) is 4.74 Å². The van der Waals surface area contributed by atoms with Gasteiger partial charge in [-0.3, -0.25) is 9.59 Å². The van der Waals surface area contributed by atoms with E-state index in [1.807, 2.05) is 0 Å². The summed E-state index contributed by atoms with van der Waals surface area (Å²) in [7, 11) is 0. The molecule has 1 N–H and O–H groups in total. The van der Waals surface area contributed by atoms with Gasteiger partial charge in [0.05, 0.1) is 12.2 Å². The van der Waals surface area contributed by atoms with E-state index >= 15 is 0 Å². The maximum atomic E-state index is 13.1. The molecule has 0 fully saturated rings. The average molecular weight is 281 g/mol. The molecule has 108 valence electrons. The van der Waals surface area contributed by atoms with Gasteiger partial charge >= 0.3 is 5.97 Å². The first-order chi connectivity index (χ1) is 9.49. The van der Waals surface area contributed by atoms with Gasteiger partial charge in [0.2, 0.25) is 0 Å². The SMILES string of the molecule is C=CCN(CC(=O)OCC)C(=O)c1cc(F)ccc1O. The van der Waals surface area contributed by atoms with E-state index in [1.54, 1.807) is 6.92 Å². The molecule has 0 heterocycles. The van der Waals surface area contributed by atoms with Crippen LogP contribution in [-0.4, -0.2) is 41.6 Å². The Morgan fingerprint density at radius 3 is 2.80 bits per heavy atom. The maximum Gasteiger partial charge on any atom is 0.325 e. The Labute approximate surface area is 116 Å². The van der Waals surface area contributed by atoms with Crippen molar-refractivity contribution < 1.29 is 23.8 Å². The van der Waals surface area contributed by atoms with Gasteiger partial charge in [0.1, 0.15) is 18.1 Å². The van der Waals surface area contributed by atoms with E-state index < -0.39 is 17.7 Å². The molecule has 0 aliphatic heterocycles. The first-order valence-corrected chi connectivity index (χ1v) is 6.03. The van der Waals surface area contributed by atoms with Crippen LogP contribution in [0.15, 0.2) is 30.9 Å². The van der Waals surface area contributed by atoms with E-state index in [0.29, 0.717) is 0 Å². The lowest BCUT2D eigenvalue weighted by atomic mass is 10.1. The number of phenolic OH excluding ortho intramolecular Hbond substituents is 1. The number of halogens is 1. The molecule has 0 saturated heterocycles. The van der Waals surface area contributed by atoms with Gasteiger partial charge in [0, 0.05) is 6.54 Å². The van der Waals surface area contributed by atoms with Crippen LogP contribution in [-0.2, 0) is 9.53 Å². The summed E-state index contributed by atoms with van der Waals surface area (Å²) in [4.78, 5) is 24.7. The fourth-order valence-electron chi connectivity index (χ4n) is 1.59. The number of carbonyl (C=O) groups is 2. The monoisotopic (exact) mass is 281 g/mol. The van der Waals surface area contributed by atoms with Crippen molar-refractivity contribution in [1.82, 2.24) is 4.90 Å². The van der Waals surface area contributed by atoms with E-state index in [0.717, 1.165) is 23.1 Å². The van der Waals surface area contributed by atoms with Crippen LogP contribution in [0.3, 0.4) is 0 Å². The molecule has 0 unspecified atom stereocenters. The molecule has 5 nitrogen and oxygen atoms in total. The second kappa shape index (κ2) is 7.28. The number of rotatable bonds is 6. The molecule has 0 atom stereocenters. The Morgan fingerprint density at radius 1 is 1.50 bits per heavy atom. The second-order valence-corrected chi connectivity index (χ2v) is 3.94. The topological polar surface area (TPSA) is 66.8 Å². The smallest absolute Gasteiger partial charge is 0.325 e. The molecule has 20 heavy (non-hydrogen) atoms. The first kappa shape index (κ1) is 15.7. The van der Waals surface area contributed by atoms with Crippen LogP contribution in [0.2, 0.25) is 0 Å². The Balaban J connectivity index is 2.95. The molecule has 0 radical (unpaired) electrons. The second-order valence-electron chi connectivity index (χ2n) is 3.94. The lowest BCUT2D eigenvalue weighted by Crippen LogP contribution is -2.36. The summed E-state index contributed by atoms with van der Waals surface area (Å²) in [5.74, 6) is -2.26. The van der Waals surface area contributed by atoms with Crippen LogP contribution in [0, 0.1) is 5.82 Å². The van der Waals surface area contributed by atoms with Gasteiger partial charge in [-0.1, -0.05) is 6.08 Å². The number of amides is 1. The summed E-state index contributed by atoms with van der Waals surface area (Å²) in [5, 5.41) is 9.60. The quantitative estimate of drug-likeness (QED) is 0.637. The minimum Gasteiger partial charge on any atom is -0.507 e. The predicted molar refractivity (Wildman–Crippen MR) is 70.8 cm³/mol. The zero-order valence-electron chi connectivity index (χ0n) is 11.1. The normalized spacial score (nSPS) is 9.90. The third-order valence-corrected chi connectivity index (χ3v) is 2.45. The van der Waals surface area contributed by atoms with Gasteiger partial charge in [-0.05, 0) is 25.1 Å². The molecule has 1 amide bonds. The highest BCUT2D eigenvalue weighted by molar-refractivity contribution is 5.98. The molecule has 0 saturated carbocycles. The highest BCUT2D eigenvalue weighted by atomic mass is 19.1. The molecule has 0 bridgehead atoms. The number of nitrogens with zero attached hydrogens (tertiary/aromatic N) is 1. The van der Waals surface area contributed by atoms with Crippen LogP contribution in [0.5, 0.6) is 5.75 Å². The molecule has 1 rings (SSSR count). The van der Waals surface area contributed by atoms with Crippen molar-refractivity contribution in [2.75, 3.05) is 19.7 Å². The molecular weight excluding hydrogens is 265 g/mol. The van der Waals surface area contributed by atoms with Gasteiger partial charge in [0.25, 0.3) is 5.91 Å². The number of aromatic hydroxyl groups is 1. The van der Waals surface area contributed by atoms with Crippen molar-refractivity contribution >= 4 is 11.9 Å². The highest BCUT2D eigenvalue weighted by Crippen LogP contribution is 2.19. The van der Waals surface area contributed by atoms with Gasteiger partial charge in [-0.15, -0.1) is 6.58 Å². The van der Waals surface area contributed by atoms with Gasteiger partial charge in [0.15, 0.2) is 0 Å². The van der Waals surface area contributed by atoms with E-state index in [-0.39, 0.29) is 31.0 Å². The zero-order chi connectivity index (χ0) is 15.1. The fraction of sp³-hybridized carbons (Fsp3) is 0.286. The molecule has 1 aromatic carbocycles. The Kier molecular flexibility index (Phi) is 5.71. The molecular formula is C14H16FNO4. The van der Waals surface area contributed by atoms with Crippen molar-refractivity contribution in [3.8, 4) is 5.75 Å². The largest absolute Gasteiger partial charge is 0.507 e. The zero-order valence-corrected chi connectivity index (χ0v) is 11.1. The van der Waals surface area contributed by atoms with Crippen LogP contribution in [0.4, 0.5) is 4.39 Å². The fourth-order valence-corrected chi connectivity index (χ4v) is 1.59. The molecule has 0 aromatic heterocycles. The summed E-state index contributed by atoms with van der Waals surface area (Å²) in [6, 6.07) is 3.03. The molecule has 6 heteroatoms. The summed E-state index contributed by atoms with van der Waals surface area (Å²) in [6.07, 6.45) is 1.42. The first-order valence-electron chi connectivity index (χ1n) is 6.03. The van der Waals surface area contributed by atoms with E-state index in [1.165, 1.54) is 6.08 Å². The number of phenols is 1. The van der Waals surface area contributed by atoms with Gasteiger partial charge in [-0.25, -0.2) is 4.39 Å². The summed E-state index contributed by atoms with van der Waals surface area (Å²) in [5.41, 5.74) is -0.212. The van der Waals surface area contributed by atoms with Crippen LogP contribution in [0.1, 0.15) is 17.3 Å².